The average molecular weight is 268 g/mol. The lowest BCUT2D eigenvalue weighted by molar-refractivity contribution is -0.0994. The van der Waals surface area contributed by atoms with E-state index in [-0.39, 0.29) is 6.10 Å². The van der Waals surface area contributed by atoms with Gasteiger partial charge >= 0.3 is 0 Å². The minimum Gasteiger partial charge on any atom is -0.376 e. The minimum atomic E-state index is 0.0756. The fraction of sp³-hybridized carbons (Fsp3) is 0.429. The van der Waals surface area contributed by atoms with Crippen molar-refractivity contribution in [1.82, 2.24) is 0 Å². The van der Waals surface area contributed by atoms with Crippen LogP contribution < -0.4 is 0 Å². The van der Waals surface area contributed by atoms with Crippen LogP contribution in [0.25, 0.3) is 0 Å². The fourth-order valence-corrected chi connectivity index (χ4v) is 2.01. The van der Waals surface area contributed by atoms with Crippen molar-refractivity contribution in [2.24, 2.45) is 0 Å². The third-order valence-electron chi connectivity index (χ3n) is 2.32. The number of rotatable bonds is 4. The Morgan fingerprint density at radius 2 is 2.00 bits per heavy atom. The Kier molecular flexibility index (Phi) is 7.76. The first-order valence-corrected chi connectivity index (χ1v) is 6.64. The molecular weight excluding hydrogens is 248 g/mol. The maximum atomic E-state index is 5.51. The second-order valence-corrected chi connectivity index (χ2v) is 4.62. The molecule has 0 N–H and O–H groups in total. The second kappa shape index (κ2) is 9.16. The average Bonchev–Trinajstić information content (AvgIpc) is 2.44. The van der Waals surface area contributed by atoms with E-state index in [9.17, 15) is 0 Å². The predicted molar refractivity (Wildman–Crippen MR) is 74.8 cm³/mol. The third-order valence-corrected chi connectivity index (χ3v) is 3.03. The van der Waals surface area contributed by atoms with E-state index in [2.05, 4.69) is 44.3 Å². The highest BCUT2D eigenvalue weighted by molar-refractivity contribution is 7.94. The van der Waals surface area contributed by atoms with Crippen molar-refractivity contribution in [1.29, 1.82) is 0 Å². The van der Waals surface area contributed by atoms with Crippen molar-refractivity contribution in [3.63, 3.8) is 0 Å². The van der Waals surface area contributed by atoms with Gasteiger partial charge in [-0.2, -0.15) is 0 Å². The monoisotopic (exact) mass is 268 g/mol. The van der Waals surface area contributed by atoms with E-state index in [1.807, 2.05) is 0 Å². The van der Waals surface area contributed by atoms with Gasteiger partial charge in [0.05, 0.1) is 26.4 Å². The van der Waals surface area contributed by atoms with Gasteiger partial charge in [0.1, 0.15) is 6.10 Å². The van der Waals surface area contributed by atoms with Crippen LogP contribution in [-0.2, 0) is 13.7 Å². The fourth-order valence-electron chi connectivity index (χ4n) is 1.40. The van der Waals surface area contributed by atoms with Crippen molar-refractivity contribution < 1.29 is 13.7 Å². The van der Waals surface area contributed by atoms with Gasteiger partial charge in [0.2, 0.25) is 0 Å². The summed E-state index contributed by atoms with van der Waals surface area (Å²) in [6, 6.07) is 8.26. The molecule has 0 spiro atoms. The first kappa shape index (κ1) is 15.2. The van der Waals surface area contributed by atoms with Crippen LogP contribution in [0.2, 0.25) is 0 Å². The molecule has 0 aliphatic carbocycles. The summed E-state index contributed by atoms with van der Waals surface area (Å²) < 4.78 is 16.3. The van der Waals surface area contributed by atoms with Crippen LogP contribution in [0.3, 0.4) is 0 Å². The topological polar surface area (TPSA) is 27.7 Å². The van der Waals surface area contributed by atoms with Gasteiger partial charge in [-0.25, -0.2) is 0 Å². The maximum Gasteiger partial charge on any atom is 0.105 e. The molecule has 2 rings (SSSR count). The zero-order chi connectivity index (χ0) is 13.2. The first-order chi connectivity index (χ1) is 8.84. The van der Waals surface area contributed by atoms with Crippen molar-refractivity contribution in [3.05, 3.63) is 43.0 Å². The van der Waals surface area contributed by atoms with Gasteiger partial charge in [-0.3, -0.25) is 0 Å². The molecule has 1 unspecified atom stereocenters. The van der Waals surface area contributed by atoms with E-state index in [4.69, 9.17) is 13.7 Å². The molecule has 1 heterocycles. The second-order valence-electron chi connectivity index (χ2n) is 3.75. The van der Waals surface area contributed by atoms with Gasteiger partial charge in [-0.05, 0) is 19.1 Å². The summed E-state index contributed by atoms with van der Waals surface area (Å²) in [5.74, 6) is 0. The van der Waals surface area contributed by atoms with E-state index in [1.165, 1.54) is 17.6 Å². The summed E-state index contributed by atoms with van der Waals surface area (Å²) in [5, 5.41) is 0. The van der Waals surface area contributed by atoms with E-state index >= 15 is 0 Å². The van der Waals surface area contributed by atoms with Gasteiger partial charge < -0.3 is 13.7 Å². The number of hydrogen-bond donors (Lipinski definition) is 0. The third kappa shape index (κ3) is 5.69. The minimum absolute atomic E-state index is 0.0756. The molecule has 4 heteroatoms. The van der Waals surface area contributed by atoms with Gasteiger partial charge in [0, 0.05) is 16.9 Å². The number of aryl methyl sites for hydroxylation is 1. The zero-order valence-electron chi connectivity index (χ0n) is 10.8. The highest BCUT2D eigenvalue weighted by atomic mass is 32.2. The van der Waals surface area contributed by atoms with Crippen molar-refractivity contribution in [2.75, 3.05) is 26.4 Å². The Hall–Kier alpha value is -0.810. The van der Waals surface area contributed by atoms with Crippen LogP contribution in [-0.4, -0.2) is 32.5 Å². The van der Waals surface area contributed by atoms with Gasteiger partial charge in [0.25, 0.3) is 0 Å². The van der Waals surface area contributed by atoms with Crippen molar-refractivity contribution in [3.8, 4) is 0 Å². The Labute approximate surface area is 113 Å². The zero-order valence-corrected chi connectivity index (χ0v) is 11.6. The molecule has 0 radical (unpaired) electrons. The molecule has 0 saturated carbocycles. The van der Waals surface area contributed by atoms with Crippen molar-refractivity contribution >= 4 is 12.0 Å². The van der Waals surface area contributed by atoms with E-state index in [0.29, 0.717) is 26.4 Å². The molecule has 1 fully saturated rings. The van der Waals surface area contributed by atoms with Crippen LogP contribution in [0.5, 0.6) is 0 Å². The van der Waals surface area contributed by atoms with Crippen LogP contribution in [0.4, 0.5) is 0 Å². The lowest BCUT2D eigenvalue weighted by Gasteiger charge is -2.22. The van der Waals surface area contributed by atoms with Gasteiger partial charge in [-0.15, -0.1) is 13.2 Å². The van der Waals surface area contributed by atoms with Crippen LogP contribution in [0.15, 0.2) is 42.3 Å². The van der Waals surface area contributed by atoms with Gasteiger partial charge in [0.15, 0.2) is 0 Å². The quantitative estimate of drug-likeness (QED) is 0.619. The Morgan fingerprint density at radius 1 is 1.28 bits per heavy atom. The van der Waals surface area contributed by atoms with Crippen LogP contribution >= 0.6 is 12.0 Å². The molecule has 0 aromatic heterocycles. The van der Waals surface area contributed by atoms with Crippen LogP contribution in [0, 0.1) is 6.92 Å². The predicted octanol–water partition coefficient (Wildman–Crippen LogP) is 3.24. The molecule has 100 valence electrons. The van der Waals surface area contributed by atoms with E-state index in [0.717, 1.165) is 4.90 Å². The first-order valence-electron chi connectivity index (χ1n) is 5.90. The van der Waals surface area contributed by atoms with Crippen LogP contribution in [0.1, 0.15) is 5.56 Å². The number of hydrogen-bond acceptors (Lipinski definition) is 4. The summed E-state index contributed by atoms with van der Waals surface area (Å²) >= 11 is 1.39. The molecular formula is C14H20O3S. The molecule has 1 saturated heterocycles. The Morgan fingerprint density at radius 3 is 2.61 bits per heavy atom. The normalized spacial score (nSPS) is 18.8. The molecule has 1 aliphatic rings. The summed E-state index contributed by atoms with van der Waals surface area (Å²) in [7, 11) is 0. The number of benzene rings is 1. The highest BCUT2D eigenvalue weighted by Crippen LogP contribution is 2.20. The summed E-state index contributed by atoms with van der Waals surface area (Å²) in [4.78, 5) is 1.11. The Balaban J connectivity index is 0.000000771. The van der Waals surface area contributed by atoms with Crippen molar-refractivity contribution in [2.45, 2.75) is 17.9 Å². The van der Waals surface area contributed by atoms with E-state index in [1.54, 1.807) is 0 Å². The van der Waals surface area contributed by atoms with E-state index < -0.39 is 0 Å². The maximum absolute atomic E-state index is 5.51. The highest BCUT2D eigenvalue weighted by Gasteiger charge is 2.14. The lowest BCUT2D eigenvalue weighted by atomic mass is 10.2. The molecule has 0 bridgehead atoms. The molecule has 18 heavy (non-hydrogen) atoms. The largest absolute Gasteiger partial charge is 0.376 e. The Bertz CT molecular complexity index is 320. The molecule has 1 atom stereocenters. The number of ether oxygens (including phenoxy) is 2. The SMILES string of the molecule is C=C.Cc1ccc(SOCC2COCCO2)cc1. The summed E-state index contributed by atoms with van der Waals surface area (Å²) in [5.41, 5.74) is 1.26. The summed E-state index contributed by atoms with van der Waals surface area (Å²) in [6.07, 6.45) is 0.0756. The smallest absolute Gasteiger partial charge is 0.105 e. The molecule has 1 aromatic carbocycles. The molecule has 1 aromatic rings. The molecule has 3 nitrogen and oxygen atoms in total. The lowest BCUT2D eigenvalue weighted by Crippen LogP contribution is -2.31. The molecule has 1 aliphatic heterocycles. The van der Waals surface area contributed by atoms with Gasteiger partial charge in [-0.1, -0.05) is 17.7 Å². The summed E-state index contributed by atoms with van der Waals surface area (Å²) in [6.45, 7) is 10.6. The standard InChI is InChI=1S/C12H16O3S.C2H4/c1-10-2-4-12(5-3-10)16-15-9-11-8-13-6-7-14-11;1-2/h2-5,11H,6-9H2,1H3;1-2H2. The molecule has 0 amide bonds.